The van der Waals surface area contributed by atoms with Crippen molar-refractivity contribution in [1.29, 1.82) is 5.26 Å². The lowest BCUT2D eigenvalue weighted by molar-refractivity contribution is -0.125. The molecule has 1 amide bonds. The highest BCUT2D eigenvalue weighted by Gasteiger charge is 2.69. The first-order chi connectivity index (χ1) is 6.08. The Bertz CT molecular complexity index is 263. The fraction of sp³-hybridized carbons (Fsp3) is 0.750. The lowest BCUT2D eigenvalue weighted by Crippen LogP contribution is -2.30. The minimum absolute atomic E-state index is 0.0319. The molecule has 3 atom stereocenters. The summed E-state index contributed by atoms with van der Waals surface area (Å²) in [4.78, 5) is 10.8. The summed E-state index contributed by atoms with van der Waals surface area (Å²) >= 11 is 0. The highest BCUT2D eigenvalue weighted by atomic mass is 19.1. The van der Waals surface area contributed by atoms with E-state index in [1.54, 1.807) is 0 Å². The van der Waals surface area contributed by atoms with E-state index in [0.29, 0.717) is 13.0 Å². The van der Waals surface area contributed by atoms with Crippen molar-refractivity contribution in [3.8, 4) is 6.07 Å². The molecule has 5 heteroatoms. The maximum Gasteiger partial charge on any atom is 0.255 e. The Balaban J connectivity index is 2.66. The van der Waals surface area contributed by atoms with Gasteiger partial charge in [0.1, 0.15) is 0 Å². The molecule has 0 aromatic rings. The van der Waals surface area contributed by atoms with E-state index in [1.165, 1.54) is 0 Å². The van der Waals surface area contributed by atoms with Crippen LogP contribution in [0.3, 0.4) is 0 Å². The zero-order chi connectivity index (χ0) is 10.1. The Kier molecular flexibility index (Phi) is 2.52. The van der Waals surface area contributed by atoms with E-state index in [0.717, 1.165) is 0 Å². The number of nitrogens with zero attached hydrogens (tertiary/aromatic N) is 1. The number of carbonyl (C=O) groups excluding carboxylic acids is 1. The van der Waals surface area contributed by atoms with Crippen molar-refractivity contribution in [3.05, 3.63) is 0 Å². The quantitative estimate of drug-likeness (QED) is 0.629. The minimum Gasteiger partial charge on any atom is -0.367 e. The molecule has 4 N–H and O–H groups in total. The summed E-state index contributed by atoms with van der Waals surface area (Å²) in [5.74, 6) is -1.96. The van der Waals surface area contributed by atoms with E-state index in [1.807, 2.05) is 6.07 Å². The minimum atomic E-state index is -1.98. The second kappa shape index (κ2) is 3.30. The number of hydrogen-bond donors (Lipinski definition) is 2. The molecule has 0 aromatic carbocycles. The Morgan fingerprint density at radius 3 is 2.62 bits per heavy atom. The molecule has 0 radical (unpaired) electrons. The molecule has 0 aliphatic heterocycles. The molecule has 1 aliphatic rings. The van der Waals surface area contributed by atoms with Crippen LogP contribution in [0.1, 0.15) is 12.8 Å². The molecule has 72 valence electrons. The second-order valence-electron chi connectivity index (χ2n) is 3.28. The van der Waals surface area contributed by atoms with Crippen LogP contribution in [0.2, 0.25) is 0 Å². The number of primary amides is 1. The van der Waals surface area contributed by atoms with Crippen LogP contribution in [-0.4, -0.2) is 18.1 Å². The molecule has 0 saturated heterocycles. The molecule has 1 unspecified atom stereocenters. The summed E-state index contributed by atoms with van der Waals surface area (Å²) in [5.41, 5.74) is 8.18. The maximum atomic E-state index is 13.6. The summed E-state index contributed by atoms with van der Waals surface area (Å²) in [6, 6.07) is 1.84. The molecular formula is C8H12FN3O. The van der Waals surface area contributed by atoms with E-state index < -0.39 is 23.4 Å². The van der Waals surface area contributed by atoms with Crippen molar-refractivity contribution in [2.75, 3.05) is 6.54 Å². The fourth-order valence-corrected chi connectivity index (χ4v) is 1.84. The summed E-state index contributed by atoms with van der Waals surface area (Å²) in [5, 5.41) is 8.38. The Morgan fingerprint density at radius 2 is 2.23 bits per heavy atom. The number of alkyl halides is 1. The summed E-state index contributed by atoms with van der Waals surface area (Å²) < 4.78 is 13.6. The zero-order valence-electron chi connectivity index (χ0n) is 7.16. The van der Waals surface area contributed by atoms with Crippen molar-refractivity contribution < 1.29 is 9.18 Å². The number of nitriles is 1. The number of hydrogen-bond acceptors (Lipinski definition) is 3. The lowest BCUT2D eigenvalue weighted by atomic mass is 10.2. The SMILES string of the molecule is N#CC[C@H]1C(CCN)[C@]1(F)C(N)=O. The van der Waals surface area contributed by atoms with Crippen LogP contribution in [0.4, 0.5) is 4.39 Å². The van der Waals surface area contributed by atoms with Crippen LogP contribution in [0.5, 0.6) is 0 Å². The van der Waals surface area contributed by atoms with Gasteiger partial charge >= 0.3 is 0 Å². The van der Waals surface area contributed by atoms with Gasteiger partial charge in [-0.15, -0.1) is 0 Å². The van der Waals surface area contributed by atoms with Gasteiger partial charge in [0.15, 0.2) is 5.67 Å². The topological polar surface area (TPSA) is 92.9 Å². The number of carbonyl (C=O) groups is 1. The van der Waals surface area contributed by atoms with Gasteiger partial charge in [0.05, 0.1) is 6.07 Å². The van der Waals surface area contributed by atoms with Crippen LogP contribution in [0.15, 0.2) is 0 Å². The second-order valence-corrected chi connectivity index (χ2v) is 3.28. The van der Waals surface area contributed by atoms with Crippen molar-refractivity contribution in [1.82, 2.24) is 0 Å². The monoisotopic (exact) mass is 185 g/mol. The molecule has 0 heterocycles. The molecule has 0 spiro atoms. The summed E-state index contributed by atoms with van der Waals surface area (Å²) in [6.45, 7) is 0.311. The number of amides is 1. The van der Waals surface area contributed by atoms with E-state index in [-0.39, 0.29) is 6.42 Å². The third-order valence-electron chi connectivity index (χ3n) is 2.62. The average molecular weight is 185 g/mol. The number of nitrogens with two attached hydrogens (primary N) is 2. The maximum absolute atomic E-state index is 13.6. The first-order valence-corrected chi connectivity index (χ1v) is 4.14. The third-order valence-corrected chi connectivity index (χ3v) is 2.62. The summed E-state index contributed by atoms with van der Waals surface area (Å²) in [7, 11) is 0. The van der Waals surface area contributed by atoms with Gasteiger partial charge in [0.25, 0.3) is 5.91 Å². The van der Waals surface area contributed by atoms with Gasteiger partial charge in [-0.2, -0.15) is 5.26 Å². The van der Waals surface area contributed by atoms with E-state index >= 15 is 0 Å². The first kappa shape index (κ1) is 9.93. The smallest absolute Gasteiger partial charge is 0.255 e. The molecule has 13 heavy (non-hydrogen) atoms. The average Bonchev–Trinajstić information content (AvgIpc) is 2.62. The lowest BCUT2D eigenvalue weighted by Gasteiger charge is -2.00. The van der Waals surface area contributed by atoms with Crippen molar-refractivity contribution in [2.45, 2.75) is 18.5 Å². The van der Waals surface area contributed by atoms with Crippen LogP contribution in [0.25, 0.3) is 0 Å². The standard InChI is InChI=1S/C8H12FN3O/c9-8(7(12)13)5(1-3-10)6(8)2-4-11/h5-6H,1-3,10H2,(H2,12,13)/t5?,6-,8+/m0/s1. The highest BCUT2D eigenvalue weighted by Crippen LogP contribution is 2.57. The fourth-order valence-electron chi connectivity index (χ4n) is 1.84. The molecule has 4 nitrogen and oxygen atoms in total. The molecule has 0 bridgehead atoms. The van der Waals surface area contributed by atoms with Crippen LogP contribution < -0.4 is 11.5 Å². The Morgan fingerprint density at radius 1 is 1.62 bits per heavy atom. The highest BCUT2D eigenvalue weighted by molar-refractivity contribution is 5.88. The molecule has 0 aromatic heterocycles. The predicted octanol–water partition coefficient (Wildman–Crippen LogP) is -0.312. The number of halogens is 1. The Hall–Kier alpha value is -1.15. The van der Waals surface area contributed by atoms with E-state index in [9.17, 15) is 9.18 Å². The largest absolute Gasteiger partial charge is 0.367 e. The van der Waals surface area contributed by atoms with Gasteiger partial charge in [-0.25, -0.2) is 4.39 Å². The van der Waals surface area contributed by atoms with Crippen molar-refractivity contribution >= 4 is 5.91 Å². The van der Waals surface area contributed by atoms with Crippen LogP contribution >= 0.6 is 0 Å². The zero-order valence-corrected chi connectivity index (χ0v) is 7.16. The van der Waals surface area contributed by atoms with Gasteiger partial charge in [0.2, 0.25) is 0 Å². The summed E-state index contributed by atoms with van der Waals surface area (Å²) in [6.07, 6.45) is 0.440. The van der Waals surface area contributed by atoms with Gasteiger partial charge < -0.3 is 11.5 Å². The normalized spacial score (nSPS) is 36.7. The van der Waals surface area contributed by atoms with Gasteiger partial charge in [-0.05, 0) is 13.0 Å². The Labute approximate surface area is 75.7 Å². The van der Waals surface area contributed by atoms with Crippen LogP contribution in [0, 0.1) is 23.2 Å². The van der Waals surface area contributed by atoms with Gasteiger partial charge in [0, 0.05) is 18.3 Å². The molecular weight excluding hydrogens is 173 g/mol. The molecule has 1 fully saturated rings. The molecule has 1 aliphatic carbocycles. The molecule has 1 saturated carbocycles. The van der Waals surface area contributed by atoms with E-state index in [2.05, 4.69) is 0 Å². The molecule has 1 rings (SSSR count). The third kappa shape index (κ3) is 1.38. The van der Waals surface area contributed by atoms with Crippen molar-refractivity contribution in [2.24, 2.45) is 23.3 Å². The van der Waals surface area contributed by atoms with E-state index in [4.69, 9.17) is 16.7 Å². The van der Waals surface area contributed by atoms with Gasteiger partial charge in [-0.1, -0.05) is 0 Å². The van der Waals surface area contributed by atoms with Crippen LogP contribution in [-0.2, 0) is 4.79 Å². The van der Waals surface area contributed by atoms with Crippen molar-refractivity contribution in [3.63, 3.8) is 0 Å². The predicted molar refractivity (Wildman–Crippen MR) is 43.9 cm³/mol. The number of rotatable bonds is 4. The van der Waals surface area contributed by atoms with Gasteiger partial charge in [-0.3, -0.25) is 4.79 Å². The first-order valence-electron chi connectivity index (χ1n) is 4.14.